The van der Waals surface area contributed by atoms with Crippen molar-refractivity contribution in [2.24, 2.45) is 17.8 Å². The van der Waals surface area contributed by atoms with Gasteiger partial charge >= 0.3 is 10.8 Å². The van der Waals surface area contributed by atoms with Gasteiger partial charge in [0.25, 0.3) is 0 Å². The number of esters is 1. The van der Waals surface area contributed by atoms with Gasteiger partial charge in [-0.05, 0) is 55.6 Å². The van der Waals surface area contributed by atoms with E-state index in [1.165, 1.54) is 36.2 Å². The number of rotatable bonds is 4. The smallest absolute Gasteiger partial charge is 0.326 e. The van der Waals surface area contributed by atoms with Gasteiger partial charge in [-0.15, -0.1) is 11.8 Å². The molecule has 2 aromatic heterocycles. The molecule has 0 radical (unpaired) electrons. The van der Waals surface area contributed by atoms with Crippen LogP contribution in [-0.4, -0.2) is 27.4 Å². The highest BCUT2D eigenvalue weighted by molar-refractivity contribution is 8.00. The zero-order valence-electron chi connectivity index (χ0n) is 15.2. The third kappa shape index (κ3) is 2.78. The van der Waals surface area contributed by atoms with Crippen LogP contribution in [-0.2, 0) is 16.1 Å². The molecule has 0 N–H and O–H groups in total. The molecule has 5 rings (SSSR count). The van der Waals surface area contributed by atoms with Gasteiger partial charge in [-0.1, -0.05) is 17.4 Å². The zero-order valence-corrected chi connectivity index (χ0v) is 16.8. The van der Waals surface area contributed by atoms with E-state index in [9.17, 15) is 9.59 Å². The highest BCUT2D eigenvalue weighted by Crippen LogP contribution is 2.63. The largest absolute Gasteiger partial charge is 0.465 e. The van der Waals surface area contributed by atoms with Gasteiger partial charge in [0.2, 0.25) is 0 Å². The molecule has 3 aliphatic rings. The van der Waals surface area contributed by atoms with Crippen LogP contribution < -0.4 is 4.87 Å². The van der Waals surface area contributed by atoms with Crippen LogP contribution in [0.3, 0.4) is 0 Å². The number of thiazole rings is 1. The van der Waals surface area contributed by atoms with E-state index in [1.54, 1.807) is 17.7 Å². The Labute approximate surface area is 166 Å². The first-order chi connectivity index (χ1) is 13.2. The summed E-state index contributed by atoms with van der Waals surface area (Å²) in [6.45, 7) is 2.13. The lowest BCUT2D eigenvalue weighted by atomic mass is 9.75. The Balaban J connectivity index is 1.61. The Kier molecular flexibility index (Phi) is 4.39. The van der Waals surface area contributed by atoms with Crippen molar-refractivity contribution in [2.45, 2.75) is 48.9 Å². The van der Waals surface area contributed by atoms with E-state index in [2.05, 4.69) is 11.1 Å². The van der Waals surface area contributed by atoms with Gasteiger partial charge in [-0.2, -0.15) is 0 Å². The zero-order chi connectivity index (χ0) is 18.5. The van der Waals surface area contributed by atoms with Gasteiger partial charge in [0.05, 0.1) is 11.6 Å². The van der Waals surface area contributed by atoms with Crippen LogP contribution in [0.25, 0.3) is 0 Å². The predicted octanol–water partition coefficient (Wildman–Crippen LogP) is 3.52. The van der Waals surface area contributed by atoms with Crippen molar-refractivity contribution in [2.75, 3.05) is 6.61 Å². The summed E-state index contributed by atoms with van der Waals surface area (Å²) < 4.78 is 6.74. The molecule has 5 nitrogen and oxygen atoms in total. The minimum atomic E-state index is -0.339. The quantitative estimate of drug-likeness (QED) is 0.733. The summed E-state index contributed by atoms with van der Waals surface area (Å²) in [6, 6.07) is 4.12. The Morgan fingerprint density at radius 2 is 2.22 bits per heavy atom. The second-order valence-electron chi connectivity index (χ2n) is 7.69. The van der Waals surface area contributed by atoms with E-state index in [1.807, 2.05) is 24.0 Å². The first-order valence-corrected chi connectivity index (χ1v) is 11.3. The molecule has 0 aromatic carbocycles. The molecule has 27 heavy (non-hydrogen) atoms. The molecule has 5 atom stereocenters. The molecule has 4 unspecified atom stereocenters. The molecule has 142 valence electrons. The van der Waals surface area contributed by atoms with Crippen molar-refractivity contribution in [1.29, 1.82) is 0 Å². The number of carbonyl (C=O) groups is 1. The van der Waals surface area contributed by atoms with Crippen molar-refractivity contribution in [3.8, 4) is 0 Å². The summed E-state index contributed by atoms with van der Waals surface area (Å²) in [5.41, 5.74) is 1.20. The van der Waals surface area contributed by atoms with E-state index in [0.29, 0.717) is 17.8 Å². The molecule has 2 saturated carbocycles. The van der Waals surface area contributed by atoms with E-state index >= 15 is 0 Å². The molecular weight excluding hydrogens is 380 g/mol. The summed E-state index contributed by atoms with van der Waals surface area (Å²) in [5.74, 6) is 1.91. The number of fused-ring (bicyclic) bond motifs is 6. The Morgan fingerprint density at radius 1 is 1.37 bits per heavy atom. The Bertz CT molecular complexity index is 923. The molecule has 7 heteroatoms. The van der Waals surface area contributed by atoms with E-state index in [-0.39, 0.29) is 23.3 Å². The first kappa shape index (κ1) is 17.5. The summed E-state index contributed by atoms with van der Waals surface area (Å²) in [6.07, 6.45) is 7.65. The van der Waals surface area contributed by atoms with Crippen molar-refractivity contribution >= 4 is 29.1 Å². The Morgan fingerprint density at radius 3 is 3.00 bits per heavy atom. The fraction of sp³-hybridized carbons (Fsp3) is 0.550. The van der Waals surface area contributed by atoms with E-state index in [4.69, 9.17) is 4.74 Å². The monoisotopic (exact) mass is 402 g/mol. The maximum atomic E-state index is 12.8. The van der Waals surface area contributed by atoms with Crippen molar-refractivity contribution in [3.63, 3.8) is 0 Å². The molecule has 0 amide bonds. The maximum Gasteiger partial charge on any atom is 0.326 e. The minimum absolute atomic E-state index is 0.0107. The van der Waals surface area contributed by atoms with Gasteiger partial charge in [0.1, 0.15) is 6.54 Å². The molecular formula is C20H22N2O3S2. The summed E-state index contributed by atoms with van der Waals surface area (Å²) in [7, 11) is 0. The van der Waals surface area contributed by atoms with E-state index in [0.717, 1.165) is 21.7 Å². The van der Waals surface area contributed by atoms with Crippen molar-refractivity contribution < 1.29 is 9.53 Å². The SMILES string of the molecule is CCOC(=O)Cn1c2c(sc1=O)[C@@H](c1cccnc1)C1C3CCC(C3)C1S2. The van der Waals surface area contributed by atoms with Crippen LogP contribution >= 0.6 is 23.1 Å². The normalized spacial score (nSPS) is 30.8. The van der Waals surface area contributed by atoms with Crippen molar-refractivity contribution in [3.05, 3.63) is 44.6 Å². The number of ether oxygens (including phenoxy) is 1. The van der Waals surface area contributed by atoms with E-state index < -0.39 is 0 Å². The number of nitrogens with zero attached hydrogens (tertiary/aromatic N) is 2. The average molecular weight is 403 g/mol. The number of hydrogen-bond donors (Lipinski definition) is 0. The highest BCUT2D eigenvalue weighted by atomic mass is 32.2. The van der Waals surface area contributed by atoms with Gasteiger partial charge in [-0.25, -0.2) is 0 Å². The maximum absolute atomic E-state index is 12.8. The Hall–Kier alpha value is -1.60. The predicted molar refractivity (Wildman–Crippen MR) is 105 cm³/mol. The minimum Gasteiger partial charge on any atom is -0.465 e. The number of carbonyl (C=O) groups excluding carboxylic acids is 1. The third-order valence-corrected chi connectivity index (χ3v) is 9.15. The molecule has 2 fully saturated rings. The second-order valence-corrected chi connectivity index (χ2v) is 9.85. The van der Waals surface area contributed by atoms with Crippen LogP contribution in [0, 0.1) is 17.8 Å². The van der Waals surface area contributed by atoms with Crippen LogP contribution in [0.2, 0.25) is 0 Å². The van der Waals surface area contributed by atoms with Gasteiger partial charge in [0, 0.05) is 28.4 Å². The van der Waals surface area contributed by atoms with Crippen LogP contribution in [0.4, 0.5) is 0 Å². The average Bonchev–Trinajstić information content (AvgIpc) is 3.36. The molecule has 3 heterocycles. The number of pyridine rings is 1. The first-order valence-electron chi connectivity index (χ1n) is 9.63. The van der Waals surface area contributed by atoms with Crippen LogP contribution in [0.15, 0.2) is 34.3 Å². The van der Waals surface area contributed by atoms with Gasteiger partial charge < -0.3 is 4.74 Å². The molecule has 2 aliphatic carbocycles. The number of hydrogen-bond acceptors (Lipinski definition) is 6. The topological polar surface area (TPSA) is 61.2 Å². The summed E-state index contributed by atoms with van der Waals surface area (Å²) in [4.78, 5) is 30.2. The fourth-order valence-corrected chi connectivity index (χ4v) is 8.51. The number of aromatic nitrogens is 2. The lowest BCUT2D eigenvalue weighted by Crippen LogP contribution is -2.34. The molecule has 2 bridgehead atoms. The highest BCUT2D eigenvalue weighted by Gasteiger charge is 2.55. The van der Waals surface area contributed by atoms with Gasteiger partial charge in [-0.3, -0.25) is 19.1 Å². The molecule has 1 aliphatic heterocycles. The second kappa shape index (κ2) is 6.78. The summed E-state index contributed by atoms with van der Waals surface area (Å²) in [5, 5.41) is 1.52. The summed E-state index contributed by atoms with van der Waals surface area (Å²) >= 11 is 3.15. The van der Waals surface area contributed by atoms with Crippen molar-refractivity contribution in [1.82, 2.24) is 9.55 Å². The standard InChI is InChI=1S/C20H22N2O3S2/c1-2-25-14(23)10-22-19-18(27-20(22)24)16(13-4-3-7-21-9-13)15-11-5-6-12(8-11)17(15)26-19/h3-4,7,9,11-12,15-17H,2,5-6,8,10H2,1H3/t11?,12?,15?,16-,17?/m0/s1. The van der Waals surface area contributed by atoms with Crippen LogP contribution in [0.5, 0.6) is 0 Å². The lowest BCUT2D eigenvalue weighted by molar-refractivity contribution is -0.144. The molecule has 0 saturated heterocycles. The third-order valence-electron chi connectivity index (χ3n) is 6.33. The lowest BCUT2D eigenvalue weighted by Gasteiger charge is -2.40. The molecule has 2 aromatic rings. The number of thioether (sulfide) groups is 1. The molecule has 0 spiro atoms. The fourth-order valence-electron chi connectivity index (χ4n) is 5.36. The van der Waals surface area contributed by atoms with Gasteiger partial charge in [0.15, 0.2) is 0 Å². The van der Waals surface area contributed by atoms with Crippen LogP contribution in [0.1, 0.15) is 42.5 Å².